The van der Waals surface area contributed by atoms with Crippen LogP contribution < -0.4 is 0 Å². The van der Waals surface area contributed by atoms with Crippen LogP contribution in [0.25, 0.3) is 0 Å². The van der Waals surface area contributed by atoms with Crippen LogP contribution in [0.5, 0.6) is 0 Å². The van der Waals surface area contributed by atoms with E-state index in [9.17, 15) is 26.7 Å². The van der Waals surface area contributed by atoms with Crippen molar-refractivity contribution in [3.05, 3.63) is 35.4 Å². The summed E-state index contributed by atoms with van der Waals surface area (Å²) in [6, 6.07) is 2.00. The van der Waals surface area contributed by atoms with Crippen LogP contribution in [0.3, 0.4) is 0 Å². The highest BCUT2D eigenvalue weighted by molar-refractivity contribution is 5.86. The molecule has 0 aromatic heterocycles. The van der Waals surface area contributed by atoms with Crippen LogP contribution in [-0.4, -0.2) is 12.0 Å². The van der Waals surface area contributed by atoms with Crippen LogP contribution >= 0.6 is 0 Å². The molecule has 0 atom stereocenters. The number of hydrogen-bond donors (Lipinski definition) is 0. The quantitative estimate of drug-likeness (QED) is 0.706. The van der Waals surface area contributed by atoms with E-state index in [1.165, 1.54) is 0 Å². The van der Waals surface area contributed by atoms with E-state index in [1.54, 1.807) is 0 Å². The Bertz CT molecular complexity index is 383. The summed E-state index contributed by atoms with van der Waals surface area (Å²) in [5.74, 6) is -4.03. The first kappa shape index (κ1) is 11.6. The molecule has 0 N–H and O–H groups in total. The third-order valence-electron chi connectivity index (χ3n) is 1.67. The molecule has 0 radical (unpaired) electrons. The summed E-state index contributed by atoms with van der Waals surface area (Å²) >= 11 is 0. The first-order chi connectivity index (χ1) is 6.80. The Balaban J connectivity index is 2.90. The zero-order valence-corrected chi connectivity index (χ0v) is 7.24. The van der Waals surface area contributed by atoms with Crippen molar-refractivity contribution in [2.75, 3.05) is 0 Å². The molecular weight excluding hydrogens is 219 g/mol. The highest BCUT2D eigenvalue weighted by Gasteiger charge is 2.38. The summed E-state index contributed by atoms with van der Waals surface area (Å²) in [7, 11) is 0. The summed E-state index contributed by atoms with van der Waals surface area (Å²) in [6.07, 6.45) is -6.22. The molecule has 6 heteroatoms. The molecule has 0 bridgehead atoms. The van der Waals surface area contributed by atoms with Crippen molar-refractivity contribution in [2.24, 2.45) is 0 Å². The first-order valence-electron chi connectivity index (χ1n) is 3.84. The number of halogens is 5. The maximum Gasteiger partial charge on any atom is 0.450 e. The highest BCUT2D eigenvalue weighted by atomic mass is 19.4. The fourth-order valence-corrected chi connectivity index (χ4v) is 0.952. The van der Waals surface area contributed by atoms with Crippen LogP contribution in [0.4, 0.5) is 22.0 Å². The fourth-order valence-electron chi connectivity index (χ4n) is 0.952. The molecule has 0 spiro atoms. The second-order valence-electron chi connectivity index (χ2n) is 2.83. The molecule has 1 rings (SSSR count). The van der Waals surface area contributed by atoms with Gasteiger partial charge in [0.25, 0.3) is 0 Å². The summed E-state index contributed by atoms with van der Waals surface area (Å²) in [5.41, 5.74) is -0.600. The maximum atomic E-state index is 12.8. The second-order valence-corrected chi connectivity index (χ2v) is 2.83. The normalized spacial score (nSPS) is 11.5. The lowest BCUT2D eigenvalue weighted by molar-refractivity contribution is -0.170. The van der Waals surface area contributed by atoms with Gasteiger partial charge in [0.05, 0.1) is 0 Å². The average Bonchev–Trinajstić information content (AvgIpc) is 2.09. The molecule has 0 aliphatic carbocycles. The van der Waals surface area contributed by atoms with Gasteiger partial charge in [0, 0.05) is 6.42 Å². The van der Waals surface area contributed by atoms with Crippen molar-refractivity contribution < 1.29 is 26.7 Å². The van der Waals surface area contributed by atoms with Gasteiger partial charge in [-0.15, -0.1) is 0 Å². The molecule has 0 unspecified atom stereocenters. The van der Waals surface area contributed by atoms with Gasteiger partial charge >= 0.3 is 6.18 Å². The van der Waals surface area contributed by atoms with Gasteiger partial charge in [-0.25, -0.2) is 8.78 Å². The summed E-state index contributed by atoms with van der Waals surface area (Å²) < 4.78 is 60.8. The zero-order chi connectivity index (χ0) is 11.6. The Labute approximate surface area is 81.5 Å². The molecule has 0 fully saturated rings. The van der Waals surface area contributed by atoms with E-state index in [-0.39, 0.29) is 0 Å². The van der Waals surface area contributed by atoms with E-state index in [0.717, 1.165) is 6.07 Å². The Morgan fingerprint density at radius 1 is 1.20 bits per heavy atom. The number of ketones is 1. The fraction of sp³-hybridized carbons (Fsp3) is 0.222. The first-order valence-corrected chi connectivity index (χ1v) is 3.84. The summed E-state index contributed by atoms with van der Waals surface area (Å²) in [6.45, 7) is 0. The third-order valence-corrected chi connectivity index (χ3v) is 1.67. The van der Waals surface area contributed by atoms with Gasteiger partial charge in [0.1, 0.15) is 11.6 Å². The van der Waals surface area contributed by atoms with E-state index in [4.69, 9.17) is 0 Å². The zero-order valence-electron chi connectivity index (χ0n) is 7.24. The van der Waals surface area contributed by atoms with Crippen molar-refractivity contribution in [3.63, 3.8) is 0 Å². The maximum absolute atomic E-state index is 12.8. The predicted octanol–water partition coefficient (Wildman–Crippen LogP) is 2.64. The molecule has 0 saturated heterocycles. The van der Waals surface area contributed by atoms with Crippen molar-refractivity contribution in [3.8, 4) is 0 Å². The number of carbonyl (C=O) groups excluding carboxylic acids is 1. The van der Waals surface area contributed by atoms with E-state index < -0.39 is 35.6 Å². The van der Waals surface area contributed by atoms with Gasteiger partial charge < -0.3 is 0 Å². The summed E-state index contributed by atoms with van der Waals surface area (Å²) in [4.78, 5) is 10.5. The topological polar surface area (TPSA) is 17.1 Å². The highest BCUT2D eigenvalue weighted by Crippen LogP contribution is 2.20. The van der Waals surface area contributed by atoms with Gasteiger partial charge in [-0.1, -0.05) is 0 Å². The largest absolute Gasteiger partial charge is 0.450 e. The molecule has 1 aromatic carbocycles. The van der Waals surface area contributed by atoms with Gasteiger partial charge in [-0.05, 0) is 23.8 Å². The van der Waals surface area contributed by atoms with E-state index in [0.29, 0.717) is 12.1 Å². The van der Waals surface area contributed by atoms with E-state index in [2.05, 4.69) is 0 Å². The third kappa shape index (κ3) is 3.00. The molecule has 0 saturated carbocycles. The molecule has 1 nitrogen and oxygen atoms in total. The molecule has 0 aliphatic heterocycles. The van der Waals surface area contributed by atoms with Crippen LogP contribution in [-0.2, 0) is 11.2 Å². The van der Waals surface area contributed by atoms with E-state index >= 15 is 0 Å². The molecule has 82 valence electrons. The van der Waals surface area contributed by atoms with Crippen LogP contribution in [0.1, 0.15) is 5.56 Å². The molecule has 15 heavy (non-hydrogen) atoms. The molecule has 1 aromatic rings. The lowest BCUT2D eigenvalue weighted by Gasteiger charge is -2.05. The molecule has 0 aliphatic rings. The SMILES string of the molecule is O=C(Cc1cc(F)ccc1F)C(F)(F)F. The van der Waals surface area contributed by atoms with Crippen molar-refractivity contribution >= 4 is 5.78 Å². The standard InChI is InChI=1S/C9H5F5O/c10-6-1-2-7(11)5(3-6)4-8(15)9(12,13)14/h1-3H,4H2. The average molecular weight is 224 g/mol. The number of Topliss-reactive ketones (excluding diaryl/α,β-unsaturated/α-hetero) is 1. The Hall–Kier alpha value is -1.46. The second kappa shape index (κ2) is 3.96. The Morgan fingerprint density at radius 2 is 1.80 bits per heavy atom. The van der Waals surface area contributed by atoms with Gasteiger partial charge in [0.15, 0.2) is 0 Å². The minimum Gasteiger partial charge on any atom is -0.289 e. The van der Waals surface area contributed by atoms with Gasteiger partial charge in [-0.3, -0.25) is 4.79 Å². The Kier molecular flexibility index (Phi) is 3.06. The van der Waals surface area contributed by atoms with E-state index in [1.807, 2.05) is 0 Å². The Morgan fingerprint density at radius 3 is 2.33 bits per heavy atom. The molecule has 0 heterocycles. The van der Waals surface area contributed by atoms with Crippen LogP contribution in [0.15, 0.2) is 18.2 Å². The van der Waals surface area contributed by atoms with Crippen molar-refractivity contribution in [2.45, 2.75) is 12.6 Å². The van der Waals surface area contributed by atoms with Crippen LogP contribution in [0, 0.1) is 11.6 Å². The number of rotatable bonds is 2. The van der Waals surface area contributed by atoms with Crippen molar-refractivity contribution in [1.82, 2.24) is 0 Å². The van der Waals surface area contributed by atoms with Gasteiger partial charge in [-0.2, -0.15) is 13.2 Å². The monoisotopic (exact) mass is 224 g/mol. The minimum absolute atomic E-state index is 0.568. The minimum atomic E-state index is -5.03. The smallest absolute Gasteiger partial charge is 0.289 e. The number of benzene rings is 1. The summed E-state index contributed by atoms with van der Waals surface area (Å²) in [5, 5.41) is 0. The number of alkyl halides is 3. The molecule has 0 amide bonds. The predicted molar refractivity (Wildman–Crippen MR) is 41.1 cm³/mol. The number of carbonyl (C=O) groups is 1. The lowest BCUT2D eigenvalue weighted by atomic mass is 10.1. The van der Waals surface area contributed by atoms with Gasteiger partial charge in [0.2, 0.25) is 5.78 Å². The van der Waals surface area contributed by atoms with Crippen molar-refractivity contribution in [1.29, 1.82) is 0 Å². The molecular formula is C9H5F5O. The lowest BCUT2D eigenvalue weighted by Crippen LogP contribution is -2.25. The van der Waals surface area contributed by atoms with Crippen LogP contribution in [0.2, 0.25) is 0 Å². The number of hydrogen-bond acceptors (Lipinski definition) is 1.